The summed E-state index contributed by atoms with van der Waals surface area (Å²) in [6.45, 7) is 2.05. The van der Waals surface area contributed by atoms with Crippen molar-refractivity contribution in [2.75, 3.05) is 0 Å². The van der Waals surface area contributed by atoms with Crippen molar-refractivity contribution in [3.8, 4) is 0 Å². The van der Waals surface area contributed by atoms with Crippen molar-refractivity contribution in [3.05, 3.63) is 24.0 Å². The molecular formula is C9H9NO3. The Bertz CT molecular complexity index is 311. The molecule has 1 amide bonds. The lowest BCUT2D eigenvalue weighted by Gasteiger charge is -2.09. The van der Waals surface area contributed by atoms with Crippen LogP contribution in [0.1, 0.15) is 13.3 Å². The SMILES string of the molecule is CC1C=CC(OC(=O)N=C=O)=CC1. The molecule has 0 aliphatic heterocycles. The fourth-order valence-electron chi connectivity index (χ4n) is 0.944. The predicted octanol–water partition coefficient (Wildman–Crippen LogP) is 1.94. The summed E-state index contributed by atoms with van der Waals surface area (Å²) in [5.41, 5.74) is 0. The van der Waals surface area contributed by atoms with Crippen molar-refractivity contribution < 1.29 is 14.3 Å². The van der Waals surface area contributed by atoms with Gasteiger partial charge in [0.1, 0.15) is 5.76 Å². The minimum Gasteiger partial charge on any atom is -0.409 e. The third kappa shape index (κ3) is 3.05. The number of isocyanates is 1. The van der Waals surface area contributed by atoms with Crippen LogP contribution in [-0.4, -0.2) is 12.2 Å². The molecule has 4 heteroatoms. The Hall–Kier alpha value is -1.67. The van der Waals surface area contributed by atoms with E-state index in [9.17, 15) is 9.59 Å². The van der Waals surface area contributed by atoms with Gasteiger partial charge in [0.05, 0.1) is 0 Å². The van der Waals surface area contributed by atoms with E-state index >= 15 is 0 Å². The van der Waals surface area contributed by atoms with E-state index < -0.39 is 6.09 Å². The number of carbonyl (C=O) groups excluding carboxylic acids is 2. The highest BCUT2D eigenvalue weighted by Crippen LogP contribution is 2.16. The minimum absolute atomic E-state index is 0.433. The first-order chi connectivity index (χ1) is 6.22. The molecule has 13 heavy (non-hydrogen) atoms. The van der Waals surface area contributed by atoms with Crippen LogP contribution < -0.4 is 0 Å². The normalized spacial score (nSPS) is 20.1. The number of hydrogen-bond donors (Lipinski definition) is 0. The summed E-state index contributed by atoms with van der Waals surface area (Å²) in [5, 5.41) is 0. The van der Waals surface area contributed by atoms with Crippen LogP contribution in [0.25, 0.3) is 0 Å². The Labute approximate surface area is 75.6 Å². The molecule has 0 radical (unpaired) electrons. The molecule has 0 aromatic rings. The lowest BCUT2D eigenvalue weighted by molar-refractivity contribution is 0.189. The number of aliphatic imine (C=N–C) groups is 1. The van der Waals surface area contributed by atoms with E-state index in [1.807, 2.05) is 6.08 Å². The molecular weight excluding hydrogens is 170 g/mol. The summed E-state index contributed by atoms with van der Waals surface area (Å²) in [5.74, 6) is 0.888. The standard InChI is InChI=1S/C9H9NO3/c1-7-2-4-8(5-3-7)13-9(12)10-6-11/h2,4-5,7H,3H2,1H3. The van der Waals surface area contributed by atoms with Gasteiger partial charge in [-0.2, -0.15) is 0 Å². The summed E-state index contributed by atoms with van der Waals surface area (Å²) < 4.78 is 4.69. The molecule has 1 aliphatic rings. The molecule has 0 saturated heterocycles. The first-order valence-corrected chi connectivity index (χ1v) is 3.90. The van der Waals surface area contributed by atoms with Crippen LogP contribution in [0.2, 0.25) is 0 Å². The maximum absolute atomic E-state index is 10.7. The second kappa shape index (κ2) is 4.38. The largest absolute Gasteiger partial charge is 0.450 e. The molecule has 1 aliphatic carbocycles. The van der Waals surface area contributed by atoms with E-state index in [-0.39, 0.29) is 0 Å². The van der Waals surface area contributed by atoms with Crippen molar-refractivity contribution in [1.82, 2.24) is 0 Å². The van der Waals surface area contributed by atoms with Crippen molar-refractivity contribution in [2.45, 2.75) is 13.3 Å². The van der Waals surface area contributed by atoms with Gasteiger partial charge in [-0.15, -0.1) is 0 Å². The highest BCUT2D eigenvalue weighted by atomic mass is 16.6. The second-order valence-corrected chi connectivity index (χ2v) is 2.75. The number of hydrogen-bond acceptors (Lipinski definition) is 3. The van der Waals surface area contributed by atoms with E-state index in [0.29, 0.717) is 11.7 Å². The van der Waals surface area contributed by atoms with E-state index in [2.05, 4.69) is 16.7 Å². The van der Waals surface area contributed by atoms with Crippen LogP contribution >= 0.6 is 0 Å². The average molecular weight is 179 g/mol. The highest BCUT2D eigenvalue weighted by Gasteiger charge is 2.07. The molecule has 0 fully saturated rings. The van der Waals surface area contributed by atoms with E-state index in [4.69, 9.17) is 0 Å². The molecule has 0 aromatic heterocycles. The van der Waals surface area contributed by atoms with Crippen molar-refractivity contribution >= 4 is 12.2 Å². The minimum atomic E-state index is -0.930. The number of carbonyl (C=O) groups is 1. The average Bonchev–Trinajstić information content (AvgIpc) is 2.09. The molecule has 1 unspecified atom stereocenters. The molecule has 0 aromatic carbocycles. The van der Waals surface area contributed by atoms with Gasteiger partial charge in [0.15, 0.2) is 0 Å². The molecule has 68 valence electrons. The Morgan fingerprint density at radius 1 is 1.77 bits per heavy atom. The monoisotopic (exact) mass is 179 g/mol. The van der Waals surface area contributed by atoms with Gasteiger partial charge in [-0.1, -0.05) is 18.0 Å². The van der Waals surface area contributed by atoms with Gasteiger partial charge in [0, 0.05) is 0 Å². The first-order valence-electron chi connectivity index (χ1n) is 3.90. The van der Waals surface area contributed by atoms with Gasteiger partial charge in [0.2, 0.25) is 6.08 Å². The maximum Gasteiger partial charge on any atom is 0.450 e. The Kier molecular flexibility index (Phi) is 3.17. The van der Waals surface area contributed by atoms with Gasteiger partial charge in [-0.25, -0.2) is 9.59 Å². The van der Waals surface area contributed by atoms with Crippen molar-refractivity contribution in [1.29, 1.82) is 0 Å². The summed E-state index contributed by atoms with van der Waals surface area (Å²) in [6, 6.07) is 0. The first kappa shape index (κ1) is 9.42. The Balaban J connectivity index is 2.52. The van der Waals surface area contributed by atoms with Gasteiger partial charge in [0.25, 0.3) is 0 Å². The van der Waals surface area contributed by atoms with Crippen LogP contribution in [0, 0.1) is 5.92 Å². The summed E-state index contributed by atoms with van der Waals surface area (Å²) in [4.78, 5) is 23.1. The quantitative estimate of drug-likeness (QED) is 0.456. The van der Waals surface area contributed by atoms with Gasteiger partial charge < -0.3 is 4.74 Å². The van der Waals surface area contributed by atoms with Crippen LogP contribution in [-0.2, 0) is 9.53 Å². The summed E-state index contributed by atoms with van der Waals surface area (Å²) in [6.07, 6.45) is 6.40. The second-order valence-electron chi connectivity index (χ2n) is 2.75. The zero-order valence-electron chi connectivity index (χ0n) is 7.19. The Morgan fingerprint density at radius 2 is 2.54 bits per heavy atom. The fraction of sp³-hybridized carbons (Fsp3) is 0.333. The van der Waals surface area contributed by atoms with E-state index in [0.717, 1.165) is 12.5 Å². The number of ether oxygens (including phenoxy) is 1. The summed E-state index contributed by atoms with van der Waals surface area (Å²) >= 11 is 0. The lowest BCUT2D eigenvalue weighted by Crippen LogP contribution is -2.01. The predicted molar refractivity (Wildman–Crippen MR) is 45.6 cm³/mol. The van der Waals surface area contributed by atoms with Crippen LogP contribution in [0.4, 0.5) is 4.79 Å². The molecule has 0 N–H and O–H groups in total. The molecule has 0 spiro atoms. The van der Waals surface area contributed by atoms with Crippen molar-refractivity contribution in [2.24, 2.45) is 10.9 Å². The van der Waals surface area contributed by atoms with Gasteiger partial charge >= 0.3 is 6.09 Å². The third-order valence-electron chi connectivity index (χ3n) is 1.62. The summed E-state index contributed by atoms with van der Waals surface area (Å²) in [7, 11) is 0. The highest BCUT2D eigenvalue weighted by molar-refractivity contribution is 5.75. The zero-order chi connectivity index (χ0) is 9.68. The van der Waals surface area contributed by atoms with E-state index in [1.165, 1.54) is 0 Å². The number of rotatable bonds is 1. The molecule has 0 heterocycles. The van der Waals surface area contributed by atoms with Crippen LogP contribution in [0.5, 0.6) is 0 Å². The van der Waals surface area contributed by atoms with E-state index in [1.54, 1.807) is 12.2 Å². The number of allylic oxidation sites excluding steroid dienone is 3. The topological polar surface area (TPSA) is 55.7 Å². The molecule has 0 bridgehead atoms. The Morgan fingerprint density at radius 3 is 3.08 bits per heavy atom. The molecule has 4 nitrogen and oxygen atoms in total. The molecule has 0 saturated carbocycles. The fourth-order valence-corrected chi connectivity index (χ4v) is 0.944. The van der Waals surface area contributed by atoms with Gasteiger partial charge in [-0.05, 0) is 24.5 Å². The van der Waals surface area contributed by atoms with Crippen molar-refractivity contribution in [3.63, 3.8) is 0 Å². The molecule has 1 rings (SSSR count). The lowest BCUT2D eigenvalue weighted by atomic mass is 10.0. The van der Waals surface area contributed by atoms with Gasteiger partial charge in [-0.3, -0.25) is 0 Å². The molecule has 1 atom stereocenters. The maximum atomic E-state index is 10.7. The number of nitrogens with zero attached hydrogens (tertiary/aromatic N) is 1. The van der Waals surface area contributed by atoms with Crippen LogP contribution in [0.3, 0.4) is 0 Å². The zero-order valence-corrected chi connectivity index (χ0v) is 7.19. The smallest absolute Gasteiger partial charge is 0.409 e. The van der Waals surface area contributed by atoms with Crippen LogP contribution in [0.15, 0.2) is 29.0 Å². The third-order valence-corrected chi connectivity index (χ3v) is 1.62. The number of amides is 1.